The molecule has 2 aromatic heterocycles. The summed E-state index contributed by atoms with van der Waals surface area (Å²) in [6.45, 7) is 0. The van der Waals surface area contributed by atoms with Crippen LogP contribution in [0.3, 0.4) is 0 Å². The third kappa shape index (κ3) is 4.07. The summed E-state index contributed by atoms with van der Waals surface area (Å²) in [5, 5.41) is 11.8. The van der Waals surface area contributed by atoms with E-state index in [0.717, 1.165) is 28.9 Å². The highest BCUT2D eigenvalue weighted by Crippen LogP contribution is 2.45. The quantitative estimate of drug-likeness (QED) is 0.255. The Morgan fingerprint density at radius 1 is 1.03 bits per heavy atom. The number of alkyl halides is 3. The fourth-order valence-electron chi connectivity index (χ4n) is 5.68. The molecule has 4 aromatic rings. The van der Waals surface area contributed by atoms with Crippen molar-refractivity contribution >= 4 is 5.91 Å². The van der Waals surface area contributed by atoms with E-state index >= 15 is 0 Å². The summed E-state index contributed by atoms with van der Waals surface area (Å²) < 4.78 is 82.6. The minimum atomic E-state index is -4.69. The molecule has 2 aliphatic rings. The predicted molar refractivity (Wildman–Crippen MR) is 125 cm³/mol. The van der Waals surface area contributed by atoms with Gasteiger partial charge in [0.25, 0.3) is 5.91 Å². The number of aromatic nitrogens is 5. The molecule has 7 nitrogen and oxygen atoms in total. The highest BCUT2D eigenvalue weighted by molar-refractivity contribution is 5.98. The summed E-state index contributed by atoms with van der Waals surface area (Å²) in [6.07, 6.45) is -1.74. The van der Waals surface area contributed by atoms with Gasteiger partial charge in [0.05, 0.1) is 34.9 Å². The number of fused-ring (bicyclic) bond motifs is 4. The first-order valence-electron chi connectivity index (χ1n) is 12.2. The van der Waals surface area contributed by atoms with Crippen LogP contribution in [0.15, 0.2) is 42.6 Å². The van der Waals surface area contributed by atoms with E-state index in [1.807, 2.05) is 0 Å². The SMILES string of the molecule is Cn1nc2c(c1-c1cc(F)c(F)c(F)c1)CC1CCCC2N1C(=O)c1ccccc1-n1ncc(C(F)(F)F)n1. The molecule has 0 aliphatic carbocycles. The van der Waals surface area contributed by atoms with Crippen LogP contribution in [0.2, 0.25) is 0 Å². The zero-order valence-corrected chi connectivity index (χ0v) is 20.4. The van der Waals surface area contributed by atoms with E-state index in [1.165, 1.54) is 16.8 Å². The van der Waals surface area contributed by atoms with Crippen LogP contribution in [0.1, 0.15) is 52.6 Å². The largest absolute Gasteiger partial charge is 0.436 e. The summed E-state index contributed by atoms with van der Waals surface area (Å²) in [7, 11) is 1.61. The van der Waals surface area contributed by atoms with Gasteiger partial charge >= 0.3 is 6.18 Å². The standard InChI is InChI=1S/C26H20F6N6O/c1-36-24(13-9-17(27)22(29)18(28)10-13)16-11-14-5-4-8-20(23(16)35-36)37(14)25(39)15-6-2-3-7-19(15)38-33-12-21(34-38)26(30,31)32/h2-3,6-7,9-10,12,14,20H,4-5,8,11H2,1H3. The Morgan fingerprint density at radius 3 is 2.44 bits per heavy atom. The molecule has 2 bridgehead atoms. The highest BCUT2D eigenvalue weighted by atomic mass is 19.4. The van der Waals surface area contributed by atoms with Crippen LogP contribution >= 0.6 is 0 Å². The lowest BCUT2D eigenvalue weighted by molar-refractivity contribution is -0.141. The van der Waals surface area contributed by atoms with E-state index in [4.69, 9.17) is 0 Å². The molecule has 6 rings (SSSR count). The Morgan fingerprint density at radius 2 is 1.74 bits per heavy atom. The van der Waals surface area contributed by atoms with Crippen LogP contribution in [0.5, 0.6) is 0 Å². The van der Waals surface area contributed by atoms with E-state index in [1.54, 1.807) is 24.1 Å². The molecule has 0 N–H and O–H groups in total. The van der Waals surface area contributed by atoms with Gasteiger partial charge in [0.2, 0.25) is 0 Å². The molecule has 2 aromatic carbocycles. The van der Waals surface area contributed by atoms with E-state index in [2.05, 4.69) is 15.3 Å². The monoisotopic (exact) mass is 546 g/mol. The summed E-state index contributed by atoms with van der Waals surface area (Å²) in [4.78, 5) is 16.4. The van der Waals surface area contributed by atoms with Gasteiger partial charge in [-0.05, 0) is 49.9 Å². The first-order valence-corrected chi connectivity index (χ1v) is 12.2. The molecule has 202 valence electrons. The highest BCUT2D eigenvalue weighted by Gasteiger charge is 2.44. The molecule has 2 aliphatic heterocycles. The number of carbonyl (C=O) groups excluding carboxylic acids is 1. The van der Waals surface area contributed by atoms with Gasteiger partial charge in [-0.3, -0.25) is 9.48 Å². The van der Waals surface area contributed by atoms with Crippen molar-refractivity contribution < 1.29 is 31.1 Å². The second-order valence-corrected chi connectivity index (χ2v) is 9.64. The maximum Gasteiger partial charge on any atom is 0.436 e. The fourth-order valence-corrected chi connectivity index (χ4v) is 5.68. The molecular weight excluding hydrogens is 526 g/mol. The average Bonchev–Trinajstić information content (AvgIpc) is 3.51. The Bertz CT molecular complexity index is 1590. The fraction of sp³-hybridized carbons (Fsp3) is 0.308. The Hall–Kier alpha value is -4.16. The maximum absolute atomic E-state index is 14.1. The number of amides is 1. The van der Waals surface area contributed by atoms with Gasteiger partial charge in [0.1, 0.15) is 0 Å². The van der Waals surface area contributed by atoms with Crippen LogP contribution in [-0.2, 0) is 19.6 Å². The smallest absolute Gasteiger partial charge is 0.327 e. The van der Waals surface area contributed by atoms with Crippen molar-refractivity contribution in [3.8, 4) is 16.9 Å². The number of benzene rings is 2. The lowest BCUT2D eigenvalue weighted by atomic mass is 9.81. The zero-order valence-electron chi connectivity index (χ0n) is 20.4. The normalized spacial score (nSPS) is 18.8. The van der Waals surface area contributed by atoms with Crippen LogP contribution in [0.4, 0.5) is 26.3 Å². The number of carbonyl (C=O) groups is 1. The summed E-state index contributed by atoms with van der Waals surface area (Å²) in [5.74, 6) is -4.60. The number of para-hydroxylation sites is 1. The molecule has 1 fully saturated rings. The van der Waals surface area contributed by atoms with E-state index in [9.17, 15) is 31.1 Å². The molecule has 0 saturated carbocycles. The van der Waals surface area contributed by atoms with E-state index in [-0.39, 0.29) is 22.9 Å². The number of aryl methyl sites for hydroxylation is 1. The van der Waals surface area contributed by atoms with Gasteiger partial charge in [0.15, 0.2) is 23.1 Å². The number of hydrogen-bond donors (Lipinski definition) is 0. The second-order valence-electron chi connectivity index (χ2n) is 9.64. The van der Waals surface area contributed by atoms with Gasteiger partial charge in [-0.1, -0.05) is 12.1 Å². The minimum absolute atomic E-state index is 0.0980. The number of hydrogen-bond acceptors (Lipinski definition) is 4. The van der Waals surface area contributed by atoms with Gasteiger partial charge in [-0.2, -0.15) is 28.2 Å². The van der Waals surface area contributed by atoms with Crippen molar-refractivity contribution in [1.82, 2.24) is 29.7 Å². The van der Waals surface area contributed by atoms with Gasteiger partial charge in [-0.15, -0.1) is 5.10 Å². The Labute approximate surface area is 217 Å². The molecular formula is C26H20F6N6O. The molecule has 2 unspecified atom stereocenters. The van der Waals surface area contributed by atoms with Crippen LogP contribution < -0.4 is 0 Å². The zero-order chi connectivity index (χ0) is 27.6. The number of rotatable bonds is 3. The molecule has 39 heavy (non-hydrogen) atoms. The average molecular weight is 546 g/mol. The molecule has 0 radical (unpaired) electrons. The molecule has 1 saturated heterocycles. The lowest BCUT2D eigenvalue weighted by Gasteiger charge is -2.45. The third-order valence-electron chi connectivity index (χ3n) is 7.30. The first-order chi connectivity index (χ1) is 18.5. The van der Waals surface area contributed by atoms with Crippen LogP contribution in [0, 0.1) is 17.5 Å². The topological polar surface area (TPSA) is 68.8 Å². The third-order valence-corrected chi connectivity index (χ3v) is 7.30. The van der Waals surface area contributed by atoms with Gasteiger partial charge in [0, 0.05) is 24.2 Å². The Balaban J connectivity index is 1.40. The molecule has 0 spiro atoms. The minimum Gasteiger partial charge on any atom is -0.327 e. The first kappa shape index (κ1) is 25.1. The lowest BCUT2D eigenvalue weighted by Crippen LogP contribution is -2.50. The molecule has 13 heteroatoms. The summed E-state index contributed by atoms with van der Waals surface area (Å²) >= 11 is 0. The molecule has 4 heterocycles. The number of piperidine rings is 1. The van der Waals surface area contributed by atoms with Gasteiger partial charge in [-0.25, -0.2) is 13.2 Å². The number of halogens is 6. The predicted octanol–water partition coefficient (Wildman–Crippen LogP) is 5.40. The maximum atomic E-state index is 14.1. The van der Waals surface area contributed by atoms with Gasteiger partial charge < -0.3 is 4.90 Å². The summed E-state index contributed by atoms with van der Waals surface area (Å²) in [6, 6.07) is 7.22. The van der Waals surface area contributed by atoms with Crippen molar-refractivity contribution in [2.45, 2.75) is 43.9 Å². The van der Waals surface area contributed by atoms with Crippen molar-refractivity contribution in [3.63, 3.8) is 0 Å². The van der Waals surface area contributed by atoms with Crippen molar-refractivity contribution in [3.05, 3.63) is 82.6 Å². The van der Waals surface area contributed by atoms with Crippen molar-refractivity contribution in [2.24, 2.45) is 7.05 Å². The van der Waals surface area contributed by atoms with Crippen molar-refractivity contribution in [2.75, 3.05) is 0 Å². The van der Waals surface area contributed by atoms with E-state index < -0.39 is 41.3 Å². The van der Waals surface area contributed by atoms with Crippen molar-refractivity contribution in [1.29, 1.82) is 0 Å². The molecule has 1 amide bonds. The van der Waals surface area contributed by atoms with Crippen LogP contribution in [-0.4, -0.2) is 41.6 Å². The number of nitrogens with zero attached hydrogens (tertiary/aromatic N) is 6. The summed E-state index contributed by atoms with van der Waals surface area (Å²) in [5.41, 5.74) is 0.902. The Kier molecular flexibility index (Phi) is 5.77. The van der Waals surface area contributed by atoms with Crippen LogP contribution in [0.25, 0.3) is 16.9 Å². The molecule has 2 atom stereocenters. The van der Waals surface area contributed by atoms with E-state index in [0.29, 0.717) is 36.8 Å². The second kappa shape index (κ2) is 8.95.